The van der Waals surface area contributed by atoms with Crippen LogP contribution < -0.4 is 9.54 Å². The predicted molar refractivity (Wildman–Crippen MR) is 117 cm³/mol. The molecule has 11 heteroatoms. The second-order valence-corrected chi connectivity index (χ2v) is 9.73. The highest BCUT2D eigenvalue weighted by atomic mass is 32.2. The Morgan fingerprint density at radius 3 is 2.53 bits per heavy atom. The fourth-order valence-electron chi connectivity index (χ4n) is 2.94. The first-order chi connectivity index (χ1) is 15.2. The number of carbonyl (C=O) groups excluding carboxylic acids is 2. The highest BCUT2D eigenvalue weighted by molar-refractivity contribution is 7.91. The van der Waals surface area contributed by atoms with Crippen molar-refractivity contribution in [3.05, 3.63) is 53.1 Å². The highest BCUT2D eigenvalue weighted by Gasteiger charge is 2.18. The summed E-state index contributed by atoms with van der Waals surface area (Å²) in [6, 6.07) is 10.2. The minimum atomic E-state index is -3.71. The average Bonchev–Trinajstić information content (AvgIpc) is 3.10. The summed E-state index contributed by atoms with van der Waals surface area (Å²) in [7, 11) is -2.24. The van der Waals surface area contributed by atoms with Crippen molar-refractivity contribution in [3.8, 4) is 5.75 Å². The summed E-state index contributed by atoms with van der Waals surface area (Å²) in [5.74, 6) is -1.81. The van der Waals surface area contributed by atoms with Crippen LogP contribution in [0, 0.1) is 5.82 Å². The Balaban J connectivity index is 1.86. The number of hydrogen-bond donors (Lipinski definition) is 0. The van der Waals surface area contributed by atoms with Crippen molar-refractivity contribution in [2.24, 2.45) is 4.99 Å². The number of thiazole rings is 1. The lowest BCUT2D eigenvalue weighted by Crippen LogP contribution is -2.23. The molecule has 0 radical (unpaired) electrons. The molecular formula is C21H21FN2O6S2. The topological polar surface area (TPSA) is 104 Å². The molecule has 0 fully saturated rings. The minimum absolute atomic E-state index is 0.0624. The lowest BCUT2D eigenvalue weighted by molar-refractivity contribution is -0.143. The Morgan fingerprint density at radius 1 is 1.16 bits per heavy atom. The summed E-state index contributed by atoms with van der Waals surface area (Å²) in [6.45, 7) is 1.47. The van der Waals surface area contributed by atoms with Gasteiger partial charge in [0.05, 0.1) is 34.6 Å². The molecule has 0 saturated carbocycles. The Labute approximate surface area is 187 Å². The van der Waals surface area contributed by atoms with Gasteiger partial charge < -0.3 is 14.0 Å². The van der Waals surface area contributed by atoms with Crippen LogP contribution in [0.4, 0.5) is 4.39 Å². The quantitative estimate of drug-likeness (QED) is 0.459. The Morgan fingerprint density at radius 2 is 1.88 bits per heavy atom. The van der Waals surface area contributed by atoms with Crippen LogP contribution in [0.25, 0.3) is 10.2 Å². The van der Waals surface area contributed by atoms with Crippen LogP contribution in [-0.4, -0.2) is 44.3 Å². The molecule has 2 aromatic carbocycles. The smallest absolute Gasteiger partial charge is 0.326 e. The number of para-hydroxylation sites is 1. The molecule has 1 heterocycles. The van der Waals surface area contributed by atoms with E-state index in [4.69, 9.17) is 9.47 Å². The second kappa shape index (κ2) is 10.0. The molecule has 32 heavy (non-hydrogen) atoms. The van der Waals surface area contributed by atoms with Gasteiger partial charge >= 0.3 is 5.97 Å². The number of fused-ring (bicyclic) bond motifs is 1. The molecule has 0 aliphatic carbocycles. The van der Waals surface area contributed by atoms with E-state index in [1.807, 2.05) is 0 Å². The lowest BCUT2D eigenvalue weighted by Gasteiger charge is -2.06. The van der Waals surface area contributed by atoms with Crippen LogP contribution in [0.1, 0.15) is 13.3 Å². The van der Waals surface area contributed by atoms with Crippen molar-refractivity contribution < 1.29 is 31.9 Å². The van der Waals surface area contributed by atoms with Gasteiger partial charge in [-0.1, -0.05) is 17.4 Å². The van der Waals surface area contributed by atoms with E-state index in [9.17, 15) is 22.4 Å². The molecule has 1 aromatic heterocycles. The number of sulfone groups is 1. The first kappa shape index (κ1) is 23.6. The van der Waals surface area contributed by atoms with E-state index in [0.29, 0.717) is 10.4 Å². The summed E-state index contributed by atoms with van der Waals surface area (Å²) in [5.41, 5.74) is 0.128. The van der Waals surface area contributed by atoms with Gasteiger partial charge in [-0.25, -0.2) is 12.8 Å². The summed E-state index contributed by atoms with van der Waals surface area (Å²) < 4.78 is 51.1. The van der Waals surface area contributed by atoms with Crippen LogP contribution in [0.3, 0.4) is 0 Å². The van der Waals surface area contributed by atoms with E-state index in [-0.39, 0.29) is 34.8 Å². The summed E-state index contributed by atoms with van der Waals surface area (Å²) in [5, 5.41) is 0. The number of hydrogen-bond acceptors (Lipinski definition) is 7. The van der Waals surface area contributed by atoms with Gasteiger partial charge in [0.25, 0.3) is 0 Å². The molecule has 170 valence electrons. The molecule has 3 rings (SSSR count). The SMILES string of the molecule is CCOC(=O)Cn1c(=NC(=O)CCS(=O)(=O)c2ccc(OC)cc2)sc2cccc(F)c21. The van der Waals surface area contributed by atoms with Gasteiger partial charge in [0, 0.05) is 6.42 Å². The van der Waals surface area contributed by atoms with E-state index in [2.05, 4.69) is 4.99 Å². The van der Waals surface area contributed by atoms with Gasteiger partial charge in [0.1, 0.15) is 18.1 Å². The van der Waals surface area contributed by atoms with Gasteiger partial charge in [0.2, 0.25) is 5.91 Å². The fraction of sp³-hybridized carbons (Fsp3) is 0.286. The van der Waals surface area contributed by atoms with Crippen LogP contribution in [0.5, 0.6) is 5.75 Å². The zero-order valence-corrected chi connectivity index (χ0v) is 19.0. The molecule has 0 atom stereocenters. The fourth-order valence-corrected chi connectivity index (χ4v) is 5.23. The third kappa shape index (κ3) is 5.40. The molecule has 0 bridgehead atoms. The number of carbonyl (C=O) groups is 2. The molecule has 1 amide bonds. The molecule has 0 spiro atoms. The van der Waals surface area contributed by atoms with Crippen molar-refractivity contribution in [1.82, 2.24) is 4.57 Å². The van der Waals surface area contributed by atoms with Gasteiger partial charge in [0.15, 0.2) is 14.6 Å². The minimum Gasteiger partial charge on any atom is -0.497 e. The van der Waals surface area contributed by atoms with Crippen molar-refractivity contribution in [3.63, 3.8) is 0 Å². The van der Waals surface area contributed by atoms with Crippen LogP contribution in [-0.2, 0) is 30.7 Å². The van der Waals surface area contributed by atoms with Gasteiger partial charge in [-0.3, -0.25) is 9.59 Å². The Bertz CT molecular complexity index is 1310. The summed E-state index contributed by atoms with van der Waals surface area (Å²) in [4.78, 5) is 28.5. The number of rotatable bonds is 8. The largest absolute Gasteiger partial charge is 0.497 e. The first-order valence-electron chi connectivity index (χ1n) is 9.63. The van der Waals surface area contributed by atoms with Crippen LogP contribution in [0.15, 0.2) is 52.4 Å². The number of ether oxygens (including phenoxy) is 2. The first-order valence-corrected chi connectivity index (χ1v) is 12.1. The lowest BCUT2D eigenvalue weighted by atomic mass is 10.3. The van der Waals surface area contributed by atoms with Crippen molar-refractivity contribution >= 4 is 43.3 Å². The third-order valence-corrected chi connectivity index (χ3v) is 7.24. The summed E-state index contributed by atoms with van der Waals surface area (Å²) in [6.07, 6.45) is -0.371. The maximum absolute atomic E-state index is 14.4. The van der Waals surface area contributed by atoms with Crippen molar-refractivity contribution in [2.45, 2.75) is 24.8 Å². The number of halogens is 1. The van der Waals surface area contributed by atoms with E-state index in [0.717, 1.165) is 11.3 Å². The van der Waals surface area contributed by atoms with Gasteiger partial charge in [-0.2, -0.15) is 4.99 Å². The molecule has 3 aromatic rings. The molecule has 0 aliphatic heterocycles. The van der Waals surface area contributed by atoms with Crippen LogP contribution in [0.2, 0.25) is 0 Å². The van der Waals surface area contributed by atoms with E-state index < -0.39 is 33.3 Å². The molecule has 0 saturated heterocycles. The number of methoxy groups -OCH3 is 1. The molecule has 8 nitrogen and oxygen atoms in total. The molecule has 0 unspecified atom stereocenters. The monoisotopic (exact) mass is 480 g/mol. The number of aromatic nitrogens is 1. The zero-order chi connectivity index (χ0) is 23.3. The molecular weight excluding hydrogens is 459 g/mol. The Kier molecular flexibility index (Phi) is 7.41. The van der Waals surface area contributed by atoms with E-state index in [1.54, 1.807) is 13.0 Å². The number of nitrogens with zero attached hydrogens (tertiary/aromatic N) is 2. The molecule has 0 aliphatic rings. The predicted octanol–water partition coefficient (Wildman–Crippen LogP) is 2.70. The maximum Gasteiger partial charge on any atom is 0.326 e. The average molecular weight is 481 g/mol. The number of esters is 1. The third-order valence-electron chi connectivity index (χ3n) is 4.47. The maximum atomic E-state index is 14.4. The van der Waals surface area contributed by atoms with Crippen molar-refractivity contribution in [2.75, 3.05) is 19.5 Å². The van der Waals surface area contributed by atoms with Crippen molar-refractivity contribution in [1.29, 1.82) is 0 Å². The second-order valence-electron chi connectivity index (χ2n) is 6.61. The number of amides is 1. The Hall–Kier alpha value is -3.05. The standard InChI is InChI=1S/C21H21FN2O6S2/c1-3-30-19(26)13-24-20-16(22)5-4-6-17(20)31-21(24)23-18(25)11-12-32(27,28)15-9-7-14(29-2)8-10-15/h4-10H,3,11-13H2,1-2H3. The van der Waals surface area contributed by atoms with Crippen LogP contribution >= 0.6 is 11.3 Å². The van der Waals surface area contributed by atoms with Gasteiger partial charge in [-0.15, -0.1) is 0 Å². The normalized spacial score (nSPS) is 12.2. The molecule has 0 N–H and O–H groups in total. The highest BCUT2D eigenvalue weighted by Crippen LogP contribution is 2.21. The zero-order valence-electron chi connectivity index (χ0n) is 17.4. The van der Waals surface area contributed by atoms with E-state index in [1.165, 1.54) is 48.1 Å². The summed E-state index contributed by atoms with van der Waals surface area (Å²) >= 11 is 1.02. The van der Waals surface area contributed by atoms with Gasteiger partial charge in [-0.05, 0) is 43.3 Å². The van der Waals surface area contributed by atoms with E-state index >= 15 is 0 Å². The number of benzene rings is 2.